The van der Waals surface area contributed by atoms with Crippen molar-refractivity contribution in [2.45, 2.75) is 31.7 Å². The first-order valence-corrected chi connectivity index (χ1v) is 6.34. The summed E-state index contributed by atoms with van der Waals surface area (Å²) in [6, 6.07) is 7.82. The largest absolute Gasteiger partial charge is 0.392 e. The van der Waals surface area contributed by atoms with Crippen molar-refractivity contribution < 1.29 is 9.84 Å². The molecule has 0 aromatic heterocycles. The van der Waals surface area contributed by atoms with E-state index in [1.165, 1.54) is 0 Å². The van der Waals surface area contributed by atoms with Crippen molar-refractivity contribution in [3.8, 4) is 6.07 Å². The van der Waals surface area contributed by atoms with E-state index in [0.717, 1.165) is 37.2 Å². The highest BCUT2D eigenvalue weighted by Crippen LogP contribution is 2.31. The number of benzene rings is 1. The molecule has 2 saturated heterocycles. The molecule has 0 amide bonds. The number of aliphatic hydroxyl groups is 1. The summed E-state index contributed by atoms with van der Waals surface area (Å²) in [6.45, 7) is 1.70. The van der Waals surface area contributed by atoms with Gasteiger partial charge in [0.1, 0.15) is 6.07 Å². The Labute approximate surface area is 106 Å². The van der Waals surface area contributed by atoms with Crippen LogP contribution in [-0.4, -0.2) is 30.4 Å². The maximum absolute atomic E-state index is 9.23. The molecule has 0 radical (unpaired) electrons. The van der Waals surface area contributed by atoms with Gasteiger partial charge in [-0.15, -0.1) is 0 Å². The number of ether oxygens (including phenoxy) is 1. The van der Waals surface area contributed by atoms with E-state index >= 15 is 0 Å². The standard InChI is InChI=1S/C14H16N2O2/c15-6-11-5-10(9-17)1-4-14(11)16-7-12-2-3-13(8-16)18-12/h1,4-5,12-13,17H,2-3,7-9H2. The zero-order valence-corrected chi connectivity index (χ0v) is 10.2. The lowest BCUT2D eigenvalue weighted by molar-refractivity contribution is 0.0305. The van der Waals surface area contributed by atoms with Crippen LogP contribution in [0.2, 0.25) is 0 Å². The predicted molar refractivity (Wildman–Crippen MR) is 67.2 cm³/mol. The minimum absolute atomic E-state index is 0.0245. The third kappa shape index (κ3) is 1.96. The summed E-state index contributed by atoms with van der Waals surface area (Å²) in [5.74, 6) is 0. The third-order valence-electron chi connectivity index (χ3n) is 3.75. The maximum atomic E-state index is 9.23. The number of nitriles is 1. The molecule has 0 spiro atoms. The molecule has 3 rings (SSSR count). The SMILES string of the molecule is N#Cc1cc(CO)ccc1N1CC2CCC(C1)O2. The smallest absolute Gasteiger partial charge is 0.101 e. The predicted octanol–water partition coefficient (Wildman–Crippen LogP) is 1.42. The monoisotopic (exact) mass is 244 g/mol. The van der Waals surface area contributed by atoms with Gasteiger partial charge in [-0.2, -0.15) is 5.26 Å². The number of rotatable bonds is 2. The van der Waals surface area contributed by atoms with Crippen LogP contribution in [0.25, 0.3) is 0 Å². The second kappa shape index (κ2) is 4.60. The summed E-state index contributed by atoms with van der Waals surface area (Å²) in [5, 5.41) is 18.3. The van der Waals surface area contributed by atoms with Crippen LogP contribution in [0.1, 0.15) is 24.0 Å². The number of morpholine rings is 1. The third-order valence-corrected chi connectivity index (χ3v) is 3.75. The molecule has 0 saturated carbocycles. The van der Waals surface area contributed by atoms with Crippen molar-refractivity contribution in [2.24, 2.45) is 0 Å². The number of hydrogen-bond acceptors (Lipinski definition) is 4. The molecule has 2 aliphatic rings. The molecule has 1 aromatic carbocycles. The van der Waals surface area contributed by atoms with Gasteiger partial charge in [0.2, 0.25) is 0 Å². The maximum Gasteiger partial charge on any atom is 0.101 e. The zero-order valence-electron chi connectivity index (χ0n) is 10.2. The fourth-order valence-corrected chi connectivity index (χ4v) is 2.86. The molecular formula is C14H16N2O2. The molecule has 2 atom stereocenters. The fourth-order valence-electron chi connectivity index (χ4n) is 2.86. The molecule has 1 N–H and O–H groups in total. The van der Waals surface area contributed by atoms with E-state index in [1.807, 2.05) is 12.1 Å². The van der Waals surface area contributed by atoms with Crippen LogP contribution in [-0.2, 0) is 11.3 Å². The molecular weight excluding hydrogens is 228 g/mol. The highest BCUT2D eigenvalue weighted by molar-refractivity contribution is 5.61. The molecule has 2 bridgehead atoms. The number of anilines is 1. The Morgan fingerprint density at radius 2 is 2.06 bits per heavy atom. The number of fused-ring (bicyclic) bond motifs is 2. The van der Waals surface area contributed by atoms with Crippen molar-refractivity contribution in [3.05, 3.63) is 29.3 Å². The molecule has 18 heavy (non-hydrogen) atoms. The van der Waals surface area contributed by atoms with E-state index in [4.69, 9.17) is 9.84 Å². The first-order valence-electron chi connectivity index (χ1n) is 6.34. The molecule has 4 heteroatoms. The topological polar surface area (TPSA) is 56.5 Å². The molecule has 4 nitrogen and oxygen atoms in total. The Hall–Kier alpha value is -1.57. The minimum atomic E-state index is -0.0245. The van der Waals surface area contributed by atoms with E-state index in [-0.39, 0.29) is 6.61 Å². The molecule has 2 heterocycles. The van der Waals surface area contributed by atoms with E-state index in [9.17, 15) is 5.26 Å². The van der Waals surface area contributed by atoms with E-state index < -0.39 is 0 Å². The first-order chi connectivity index (χ1) is 8.80. The number of nitrogens with zero attached hydrogens (tertiary/aromatic N) is 2. The molecule has 1 aromatic rings. The van der Waals surface area contributed by atoms with Crippen LogP contribution >= 0.6 is 0 Å². The minimum Gasteiger partial charge on any atom is -0.392 e. The van der Waals surface area contributed by atoms with Gasteiger partial charge in [-0.05, 0) is 30.5 Å². The van der Waals surface area contributed by atoms with Gasteiger partial charge in [0.25, 0.3) is 0 Å². The van der Waals surface area contributed by atoms with Crippen molar-refractivity contribution in [3.63, 3.8) is 0 Å². The Morgan fingerprint density at radius 3 is 2.67 bits per heavy atom. The van der Waals surface area contributed by atoms with E-state index in [0.29, 0.717) is 17.8 Å². The van der Waals surface area contributed by atoms with Crippen LogP contribution in [0, 0.1) is 11.3 Å². The Morgan fingerprint density at radius 1 is 1.33 bits per heavy atom. The average molecular weight is 244 g/mol. The van der Waals surface area contributed by atoms with Gasteiger partial charge < -0.3 is 14.7 Å². The second-order valence-electron chi connectivity index (χ2n) is 4.98. The quantitative estimate of drug-likeness (QED) is 0.854. The Bertz CT molecular complexity index is 483. The summed E-state index contributed by atoms with van der Waals surface area (Å²) < 4.78 is 5.80. The average Bonchev–Trinajstić information content (AvgIpc) is 2.76. The van der Waals surface area contributed by atoms with Gasteiger partial charge in [0.15, 0.2) is 0 Å². The number of hydrogen-bond donors (Lipinski definition) is 1. The number of aliphatic hydroxyl groups excluding tert-OH is 1. The van der Waals surface area contributed by atoms with Crippen molar-refractivity contribution >= 4 is 5.69 Å². The van der Waals surface area contributed by atoms with Gasteiger partial charge in [-0.1, -0.05) is 6.07 Å². The van der Waals surface area contributed by atoms with Crippen molar-refractivity contribution in [2.75, 3.05) is 18.0 Å². The van der Waals surface area contributed by atoms with E-state index in [2.05, 4.69) is 11.0 Å². The van der Waals surface area contributed by atoms with Gasteiger partial charge in [-0.3, -0.25) is 0 Å². The molecule has 2 fully saturated rings. The van der Waals surface area contributed by atoms with Gasteiger partial charge in [0.05, 0.1) is 30.1 Å². The van der Waals surface area contributed by atoms with Crippen LogP contribution in [0.5, 0.6) is 0 Å². The zero-order chi connectivity index (χ0) is 12.5. The Balaban J connectivity index is 1.90. The van der Waals surface area contributed by atoms with Gasteiger partial charge in [0, 0.05) is 13.1 Å². The molecule has 0 aliphatic carbocycles. The highest BCUT2D eigenvalue weighted by Gasteiger charge is 2.34. The second-order valence-corrected chi connectivity index (χ2v) is 4.98. The summed E-state index contributed by atoms with van der Waals surface area (Å²) in [5.41, 5.74) is 2.39. The highest BCUT2D eigenvalue weighted by atomic mass is 16.5. The lowest BCUT2D eigenvalue weighted by Gasteiger charge is -2.34. The van der Waals surface area contributed by atoms with Gasteiger partial charge in [-0.25, -0.2) is 0 Å². The fraction of sp³-hybridized carbons (Fsp3) is 0.500. The first kappa shape index (κ1) is 11.5. The lowest BCUT2D eigenvalue weighted by atomic mass is 10.1. The van der Waals surface area contributed by atoms with Crippen molar-refractivity contribution in [1.82, 2.24) is 0 Å². The summed E-state index contributed by atoms with van der Waals surface area (Å²) in [4.78, 5) is 2.24. The van der Waals surface area contributed by atoms with Crippen LogP contribution < -0.4 is 4.90 Å². The summed E-state index contributed by atoms with van der Waals surface area (Å²) in [6.07, 6.45) is 2.87. The summed E-state index contributed by atoms with van der Waals surface area (Å²) in [7, 11) is 0. The lowest BCUT2D eigenvalue weighted by Crippen LogP contribution is -2.43. The molecule has 2 unspecified atom stereocenters. The summed E-state index contributed by atoms with van der Waals surface area (Å²) >= 11 is 0. The normalized spacial score (nSPS) is 26.1. The van der Waals surface area contributed by atoms with E-state index in [1.54, 1.807) is 6.07 Å². The molecule has 2 aliphatic heterocycles. The van der Waals surface area contributed by atoms with Gasteiger partial charge >= 0.3 is 0 Å². The van der Waals surface area contributed by atoms with Crippen LogP contribution in [0.15, 0.2) is 18.2 Å². The molecule has 94 valence electrons. The van der Waals surface area contributed by atoms with Crippen LogP contribution in [0.4, 0.5) is 5.69 Å². The van der Waals surface area contributed by atoms with Crippen LogP contribution in [0.3, 0.4) is 0 Å². The Kier molecular flexibility index (Phi) is 2.94. The van der Waals surface area contributed by atoms with Crippen molar-refractivity contribution in [1.29, 1.82) is 5.26 Å².